The summed E-state index contributed by atoms with van der Waals surface area (Å²) in [4.78, 5) is 27.3. The van der Waals surface area contributed by atoms with E-state index < -0.39 is 23.0 Å². The Hall–Kier alpha value is -3.73. The lowest BCUT2D eigenvalue weighted by Crippen LogP contribution is -2.45. The van der Waals surface area contributed by atoms with Crippen molar-refractivity contribution in [3.05, 3.63) is 77.9 Å². The maximum Gasteiger partial charge on any atom is 0.256 e. The summed E-state index contributed by atoms with van der Waals surface area (Å²) in [7, 11) is 0. The number of rotatable bonds is 4. The van der Waals surface area contributed by atoms with Crippen molar-refractivity contribution in [2.24, 2.45) is 5.41 Å². The molecule has 2 aromatic heterocycles. The number of nitriles is 1. The zero-order chi connectivity index (χ0) is 22.7. The predicted octanol–water partition coefficient (Wildman–Crippen LogP) is 4.37. The Bertz CT molecular complexity index is 1150. The topological polar surface area (TPSA) is 82.8 Å². The van der Waals surface area contributed by atoms with Gasteiger partial charge >= 0.3 is 0 Å². The van der Waals surface area contributed by atoms with Crippen LogP contribution in [-0.4, -0.2) is 38.8 Å². The maximum absolute atomic E-state index is 14.4. The van der Waals surface area contributed by atoms with Crippen LogP contribution in [0.2, 0.25) is 0 Å². The van der Waals surface area contributed by atoms with Crippen molar-refractivity contribution in [3.8, 4) is 17.5 Å². The van der Waals surface area contributed by atoms with Crippen molar-refractivity contribution in [1.82, 2.24) is 19.9 Å². The summed E-state index contributed by atoms with van der Waals surface area (Å²) in [5.74, 6) is -2.19. The highest BCUT2D eigenvalue weighted by Crippen LogP contribution is 2.45. The SMILES string of the molecule is CC(c1c(F)cccc1F)C1(C#N)CCN(C(=O)c2cccnc2-c2ccncn2)CC1. The molecule has 0 bridgehead atoms. The van der Waals surface area contributed by atoms with E-state index in [0.29, 0.717) is 42.9 Å². The van der Waals surface area contributed by atoms with Gasteiger partial charge in [0.1, 0.15) is 23.7 Å². The number of carbonyl (C=O) groups is 1. The zero-order valence-corrected chi connectivity index (χ0v) is 17.5. The van der Waals surface area contributed by atoms with E-state index in [2.05, 4.69) is 21.0 Å². The molecule has 1 fully saturated rings. The van der Waals surface area contributed by atoms with Gasteiger partial charge in [-0.05, 0) is 43.2 Å². The number of hydrogen-bond donors (Lipinski definition) is 0. The van der Waals surface area contributed by atoms with Gasteiger partial charge in [-0.25, -0.2) is 18.7 Å². The number of hydrogen-bond acceptors (Lipinski definition) is 5. The van der Waals surface area contributed by atoms with Crippen LogP contribution in [0.15, 0.2) is 55.1 Å². The van der Waals surface area contributed by atoms with Gasteiger partial charge in [0.15, 0.2) is 0 Å². The van der Waals surface area contributed by atoms with Crippen LogP contribution in [0.4, 0.5) is 8.78 Å². The number of carbonyl (C=O) groups excluding carboxylic acids is 1. The summed E-state index contributed by atoms with van der Waals surface area (Å²) >= 11 is 0. The van der Waals surface area contributed by atoms with Crippen LogP contribution in [0, 0.1) is 28.4 Å². The molecule has 0 radical (unpaired) electrons. The second-order valence-corrected chi connectivity index (χ2v) is 7.91. The predicted molar refractivity (Wildman–Crippen MR) is 113 cm³/mol. The average molecular weight is 433 g/mol. The van der Waals surface area contributed by atoms with Crippen molar-refractivity contribution in [3.63, 3.8) is 0 Å². The Morgan fingerprint density at radius 1 is 1.09 bits per heavy atom. The molecule has 1 aromatic carbocycles. The fourth-order valence-electron chi connectivity index (χ4n) is 4.33. The summed E-state index contributed by atoms with van der Waals surface area (Å²) < 4.78 is 28.7. The molecule has 1 amide bonds. The molecule has 3 aromatic rings. The molecule has 4 rings (SSSR count). The maximum atomic E-state index is 14.4. The van der Waals surface area contributed by atoms with Gasteiger partial charge in [0.2, 0.25) is 0 Å². The van der Waals surface area contributed by atoms with E-state index in [1.54, 1.807) is 42.4 Å². The molecule has 0 aliphatic carbocycles. The van der Waals surface area contributed by atoms with E-state index in [4.69, 9.17) is 0 Å². The van der Waals surface area contributed by atoms with E-state index in [1.165, 1.54) is 24.5 Å². The van der Waals surface area contributed by atoms with Gasteiger partial charge in [-0.15, -0.1) is 0 Å². The zero-order valence-electron chi connectivity index (χ0n) is 17.5. The Morgan fingerprint density at radius 2 is 1.81 bits per heavy atom. The van der Waals surface area contributed by atoms with Gasteiger partial charge in [-0.2, -0.15) is 5.26 Å². The molecule has 1 atom stereocenters. The first-order chi connectivity index (χ1) is 15.5. The Kier molecular flexibility index (Phi) is 5.91. The normalized spacial score (nSPS) is 16.2. The number of amides is 1. The highest BCUT2D eigenvalue weighted by Gasteiger charge is 2.43. The minimum absolute atomic E-state index is 0.0767. The summed E-state index contributed by atoms with van der Waals surface area (Å²) in [6.45, 7) is 2.27. The standard InChI is InChI=1S/C24H21F2N5O/c1-16(21-18(25)5-2-6-19(21)26)24(14-27)8-12-31(13-9-24)23(32)17-4-3-10-29-22(17)20-7-11-28-15-30-20/h2-7,10-11,15-16H,8-9,12-13H2,1H3. The molecule has 1 unspecified atom stereocenters. The number of likely N-dealkylation sites (tertiary alicyclic amines) is 1. The first-order valence-electron chi connectivity index (χ1n) is 10.3. The first-order valence-corrected chi connectivity index (χ1v) is 10.3. The lowest BCUT2D eigenvalue weighted by molar-refractivity contribution is 0.0620. The molecule has 0 saturated carbocycles. The third-order valence-electron chi connectivity index (χ3n) is 6.29. The van der Waals surface area contributed by atoms with Crippen LogP contribution in [0.3, 0.4) is 0 Å². The molecule has 32 heavy (non-hydrogen) atoms. The van der Waals surface area contributed by atoms with Crippen molar-refractivity contribution in [1.29, 1.82) is 5.26 Å². The third-order valence-corrected chi connectivity index (χ3v) is 6.29. The molecular weight excluding hydrogens is 412 g/mol. The Labute approximate surface area is 184 Å². The molecule has 1 saturated heterocycles. The number of aromatic nitrogens is 3. The smallest absolute Gasteiger partial charge is 0.256 e. The van der Waals surface area contributed by atoms with Crippen molar-refractivity contribution < 1.29 is 13.6 Å². The number of benzene rings is 1. The minimum Gasteiger partial charge on any atom is -0.338 e. The molecule has 8 heteroatoms. The second kappa shape index (κ2) is 8.79. The highest BCUT2D eigenvalue weighted by atomic mass is 19.1. The van der Waals surface area contributed by atoms with E-state index in [1.807, 2.05) is 0 Å². The number of piperidine rings is 1. The van der Waals surface area contributed by atoms with Gasteiger partial charge in [-0.3, -0.25) is 9.78 Å². The molecule has 0 N–H and O–H groups in total. The largest absolute Gasteiger partial charge is 0.338 e. The van der Waals surface area contributed by atoms with Crippen LogP contribution in [0.5, 0.6) is 0 Å². The number of halogens is 2. The number of nitrogens with zero attached hydrogens (tertiary/aromatic N) is 5. The fourth-order valence-corrected chi connectivity index (χ4v) is 4.33. The minimum atomic E-state index is -0.968. The summed E-state index contributed by atoms with van der Waals surface area (Å²) in [5.41, 5.74) is 0.357. The Balaban J connectivity index is 1.56. The molecule has 1 aliphatic rings. The van der Waals surface area contributed by atoms with Crippen molar-refractivity contribution >= 4 is 5.91 Å². The monoisotopic (exact) mass is 433 g/mol. The van der Waals surface area contributed by atoms with Crippen LogP contribution in [0.1, 0.15) is 41.6 Å². The molecule has 162 valence electrons. The molecule has 0 spiro atoms. The van der Waals surface area contributed by atoms with E-state index in [-0.39, 0.29) is 11.5 Å². The van der Waals surface area contributed by atoms with Gasteiger partial charge in [0, 0.05) is 37.0 Å². The molecule has 1 aliphatic heterocycles. The van der Waals surface area contributed by atoms with Gasteiger partial charge in [0.05, 0.1) is 22.7 Å². The third kappa shape index (κ3) is 3.82. The van der Waals surface area contributed by atoms with E-state index >= 15 is 0 Å². The van der Waals surface area contributed by atoms with Crippen LogP contribution in [-0.2, 0) is 0 Å². The van der Waals surface area contributed by atoms with Crippen LogP contribution < -0.4 is 0 Å². The second-order valence-electron chi connectivity index (χ2n) is 7.91. The highest BCUT2D eigenvalue weighted by molar-refractivity contribution is 5.99. The first kappa shape index (κ1) is 21.5. The van der Waals surface area contributed by atoms with Crippen LogP contribution in [0.25, 0.3) is 11.4 Å². The van der Waals surface area contributed by atoms with Crippen LogP contribution >= 0.6 is 0 Å². The summed E-state index contributed by atoms with van der Waals surface area (Å²) in [5, 5.41) is 9.97. The fraction of sp³-hybridized carbons (Fsp3) is 0.292. The molecular formula is C24H21F2N5O. The summed E-state index contributed by atoms with van der Waals surface area (Å²) in [6.07, 6.45) is 5.19. The van der Waals surface area contributed by atoms with Crippen molar-refractivity contribution in [2.75, 3.05) is 13.1 Å². The quantitative estimate of drug-likeness (QED) is 0.610. The van der Waals surface area contributed by atoms with E-state index in [9.17, 15) is 18.8 Å². The molecule has 3 heterocycles. The van der Waals surface area contributed by atoms with E-state index in [0.717, 1.165) is 0 Å². The van der Waals surface area contributed by atoms with Crippen molar-refractivity contribution in [2.45, 2.75) is 25.7 Å². The average Bonchev–Trinajstić information content (AvgIpc) is 2.84. The Morgan fingerprint density at radius 3 is 2.44 bits per heavy atom. The van der Waals surface area contributed by atoms with Gasteiger partial charge < -0.3 is 4.90 Å². The molecule has 6 nitrogen and oxygen atoms in total. The summed E-state index contributed by atoms with van der Waals surface area (Å²) in [6, 6.07) is 11.1. The lowest BCUT2D eigenvalue weighted by Gasteiger charge is -2.41. The number of pyridine rings is 1. The lowest BCUT2D eigenvalue weighted by atomic mass is 9.67. The van der Waals surface area contributed by atoms with Gasteiger partial charge in [0.25, 0.3) is 5.91 Å². The van der Waals surface area contributed by atoms with Gasteiger partial charge in [-0.1, -0.05) is 13.0 Å².